The molecule has 394 valence electrons. The number of hydrogen-bond donors (Lipinski definition) is 0. The molecule has 0 aromatic rings. The number of hydrogen-bond acceptors (Lipinski definition) is 6. The Hall–Kier alpha value is -4.45. The van der Waals surface area contributed by atoms with E-state index in [1.165, 1.54) is 57.8 Å². The van der Waals surface area contributed by atoms with Gasteiger partial charge in [-0.15, -0.1) is 0 Å². The summed E-state index contributed by atoms with van der Waals surface area (Å²) in [7, 11) is 0. The van der Waals surface area contributed by atoms with Crippen molar-refractivity contribution in [2.24, 2.45) is 0 Å². The summed E-state index contributed by atoms with van der Waals surface area (Å²) in [6.07, 6.45) is 79.9. The zero-order valence-corrected chi connectivity index (χ0v) is 45.0. The second-order valence-corrected chi connectivity index (χ2v) is 18.3. The molecule has 1 unspecified atom stereocenters. The van der Waals surface area contributed by atoms with Gasteiger partial charge in [0.25, 0.3) is 0 Å². The molecule has 0 saturated heterocycles. The first kappa shape index (κ1) is 65.5. The van der Waals surface area contributed by atoms with Gasteiger partial charge in [0.15, 0.2) is 6.10 Å². The number of allylic oxidation sites excluding steroid dienone is 22. The molecule has 0 aromatic heterocycles. The summed E-state index contributed by atoms with van der Waals surface area (Å²) >= 11 is 0. The van der Waals surface area contributed by atoms with E-state index in [9.17, 15) is 14.4 Å². The fourth-order valence-corrected chi connectivity index (χ4v) is 7.28. The molecule has 6 heteroatoms. The van der Waals surface area contributed by atoms with E-state index >= 15 is 0 Å². The highest BCUT2D eigenvalue weighted by atomic mass is 16.6. The maximum atomic E-state index is 12.9. The number of ether oxygens (including phenoxy) is 3. The monoisotopic (exact) mass is 967 g/mol. The first-order valence-electron chi connectivity index (χ1n) is 28.3. The lowest BCUT2D eigenvalue weighted by molar-refractivity contribution is -0.167. The number of esters is 3. The van der Waals surface area contributed by atoms with Crippen molar-refractivity contribution < 1.29 is 28.6 Å². The highest BCUT2D eigenvalue weighted by Gasteiger charge is 2.19. The van der Waals surface area contributed by atoms with Crippen molar-refractivity contribution in [3.05, 3.63) is 134 Å². The molecule has 0 rings (SSSR count). The molecular weight excluding hydrogens is 865 g/mol. The molecule has 0 bridgehead atoms. The third-order valence-corrected chi connectivity index (χ3v) is 11.5. The highest BCUT2D eigenvalue weighted by Crippen LogP contribution is 2.14. The van der Waals surface area contributed by atoms with Gasteiger partial charge in [0.05, 0.1) is 0 Å². The average molecular weight is 968 g/mol. The molecule has 0 spiro atoms. The van der Waals surface area contributed by atoms with Gasteiger partial charge < -0.3 is 14.2 Å². The lowest BCUT2D eigenvalue weighted by Gasteiger charge is -2.18. The van der Waals surface area contributed by atoms with Gasteiger partial charge in [-0.3, -0.25) is 14.4 Å². The van der Waals surface area contributed by atoms with E-state index in [0.29, 0.717) is 12.8 Å². The van der Waals surface area contributed by atoms with E-state index in [0.717, 1.165) is 135 Å². The SMILES string of the molecule is CC/C=C\C/C=C\C/C=C\C/C=C\CCCCCCCCC(=O)OCC(COC(=O)CCCCCCCC/C=C\C=C/CCCCC)OC(=O)CCCCCCC\C=C/C=C\C=C/C=C\C=C/CCC. The molecule has 0 heterocycles. The van der Waals surface area contributed by atoms with Crippen LogP contribution in [0.1, 0.15) is 233 Å². The van der Waals surface area contributed by atoms with Crippen molar-refractivity contribution in [3.63, 3.8) is 0 Å². The van der Waals surface area contributed by atoms with Crippen LogP contribution in [0.15, 0.2) is 134 Å². The summed E-state index contributed by atoms with van der Waals surface area (Å²) in [4.78, 5) is 38.2. The maximum Gasteiger partial charge on any atom is 0.306 e. The quantitative estimate of drug-likeness (QED) is 0.0199. The standard InChI is InChI=1S/C64H102O6/c1-4-7-10-13-16-19-22-25-28-30-32-34-36-39-42-45-48-51-54-57-63(66)69-60-61(59-68-62(65)56-53-50-47-44-41-38-35-27-24-21-18-15-12-9-6-3)70-64(67)58-55-52-49-46-43-40-37-33-31-29-26-23-20-17-14-11-8-5-2/h7,10-11,14,16-21,23-29,31-34,37,61H,4-6,8-9,12-13,15,22,30,35-36,38-60H2,1-3H3/b10-7-,14-11-,19-16-,20-17-,21-18-,26-23-,27-24-,28-25-,31-29-,34-32-,37-33-. The second-order valence-electron chi connectivity index (χ2n) is 18.3. The van der Waals surface area contributed by atoms with E-state index in [4.69, 9.17) is 14.2 Å². The normalized spacial score (nSPS) is 13.1. The Bertz CT molecular complexity index is 1530. The minimum absolute atomic E-state index is 0.104. The Morgan fingerprint density at radius 3 is 1.07 bits per heavy atom. The first-order chi connectivity index (χ1) is 34.5. The van der Waals surface area contributed by atoms with Crippen LogP contribution < -0.4 is 0 Å². The number of rotatable bonds is 49. The van der Waals surface area contributed by atoms with Gasteiger partial charge >= 0.3 is 17.9 Å². The molecular formula is C64H102O6. The van der Waals surface area contributed by atoms with Crippen LogP contribution in [0, 0.1) is 0 Å². The molecule has 70 heavy (non-hydrogen) atoms. The van der Waals surface area contributed by atoms with Crippen molar-refractivity contribution in [1.29, 1.82) is 0 Å². The van der Waals surface area contributed by atoms with E-state index in [2.05, 4.69) is 130 Å². The fraction of sp³-hybridized carbons (Fsp3) is 0.609. The Morgan fingerprint density at radius 2 is 0.643 bits per heavy atom. The Kier molecular flexibility index (Phi) is 53.5. The van der Waals surface area contributed by atoms with E-state index in [1.807, 2.05) is 24.3 Å². The summed E-state index contributed by atoms with van der Waals surface area (Å²) in [5.74, 6) is -0.959. The van der Waals surface area contributed by atoms with E-state index in [1.54, 1.807) is 0 Å². The summed E-state index contributed by atoms with van der Waals surface area (Å²) in [6, 6.07) is 0. The molecule has 1 atom stereocenters. The third kappa shape index (κ3) is 54.5. The molecule has 0 aliphatic heterocycles. The Balaban J connectivity index is 4.52. The lowest BCUT2D eigenvalue weighted by Crippen LogP contribution is -2.30. The molecule has 0 aromatic carbocycles. The van der Waals surface area contributed by atoms with Gasteiger partial charge in [-0.1, -0.05) is 244 Å². The zero-order valence-electron chi connectivity index (χ0n) is 45.0. The zero-order chi connectivity index (χ0) is 50.7. The summed E-state index contributed by atoms with van der Waals surface area (Å²) in [5, 5.41) is 0. The third-order valence-electron chi connectivity index (χ3n) is 11.5. The molecule has 0 amide bonds. The molecule has 0 aliphatic carbocycles. The van der Waals surface area contributed by atoms with Crippen LogP contribution in [0.25, 0.3) is 0 Å². The molecule has 0 saturated carbocycles. The predicted molar refractivity (Wildman–Crippen MR) is 302 cm³/mol. The Labute approximate surface area is 430 Å². The molecule has 0 N–H and O–H groups in total. The second kappa shape index (κ2) is 57.1. The van der Waals surface area contributed by atoms with Gasteiger partial charge in [0, 0.05) is 19.3 Å². The van der Waals surface area contributed by atoms with Crippen LogP contribution in [0.4, 0.5) is 0 Å². The summed E-state index contributed by atoms with van der Waals surface area (Å²) in [6.45, 7) is 6.36. The van der Waals surface area contributed by atoms with Crippen molar-refractivity contribution in [2.75, 3.05) is 13.2 Å². The van der Waals surface area contributed by atoms with Crippen LogP contribution in [-0.2, 0) is 28.6 Å². The largest absolute Gasteiger partial charge is 0.462 e. The topological polar surface area (TPSA) is 78.9 Å². The molecule has 0 radical (unpaired) electrons. The summed E-state index contributed by atoms with van der Waals surface area (Å²) < 4.78 is 16.8. The molecule has 6 nitrogen and oxygen atoms in total. The number of carbonyl (C=O) groups excluding carboxylic acids is 3. The van der Waals surface area contributed by atoms with Crippen molar-refractivity contribution in [1.82, 2.24) is 0 Å². The number of carbonyl (C=O) groups is 3. The average Bonchev–Trinajstić information content (AvgIpc) is 3.36. The van der Waals surface area contributed by atoms with Crippen molar-refractivity contribution >= 4 is 17.9 Å². The van der Waals surface area contributed by atoms with Crippen LogP contribution in [0.3, 0.4) is 0 Å². The highest BCUT2D eigenvalue weighted by molar-refractivity contribution is 5.71. The van der Waals surface area contributed by atoms with Crippen LogP contribution >= 0.6 is 0 Å². The van der Waals surface area contributed by atoms with E-state index < -0.39 is 6.10 Å². The predicted octanol–water partition coefficient (Wildman–Crippen LogP) is 19.0. The maximum absolute atomic E-state index is 12.9. The van der Waals surface area contributed by atoms with Gasteiger partial charge in [-0.05, 0) is 103 Å². The van der Waals surface area contributed by atoms with Crippen LogP contribution in [0.2, 0.25) is 0 Å². The van der Waals surface area contributed by atoms with Gasteiger partial charge in [0.2, 0.25) is 0 Å². The first-order valence-corrected chi connectivity index (χ1v) is 28.3. The van der Waals surface area contributed by atoms with E-state index in [-0.39, 0.29) is 37.5 Å². The number of unbranched alkanes of at least 4 members (excludes halogenated alkanes) is 21. The van der Waals surface area contributed by atoms with Crippen LogP contribution in [0.5, 0.6) is 0 Å². The minimum Gasteiger partial charge on any atom is -0.462 e. The van der Waals surface area contributed by atoms with Crippen LogP contribution in [-0.4, -0.2) is 37.2 Å². The lowest BCUT2D eigenvalue weighted by atomic mass is 10.1. The van der Waals surface area contributed by atoms with Gasteiger partial charge in [-0.2, -0.15) is 0 Å². The fourth-order valence-electron chi connectivity index (χ4n) is 7.28. The molecule has 0 aliphatic rings. The molecule has 0 fully saturated rings. The summed E-state index contributed by atoms with van der Waals surface area (Å²) in [5.41, 5.74) is 0. The van der Waals surface area contributed by atoms with Gasteiger partial charge in [-0.25, -0.2) is 0 Å². The Morgan fingerprint density at radius 1 is 0.314 bits per heavy atom. The minimum atomic E-state index is -0.809. The van der Waals surface area contributed by atoms with Crippen molar-refractivity contribution in [2.45, 2.75) is 239 Å². The van der Waals surface area contributed by atoms with Crippen molar-refractivity contribution in [3.8, 4) is 0 Å². The van der Waals surface area contributed by atoms with Gasteiger partial charge in [0.1, 0.15) is 13.2 Å². The smallest absolute Gasteiger partial charge is 0.306 e.